The fourth-order valence-electron chi connectivity index (χ4n) is 2.70. The van der Waals surface area contributed by atoms with E-state index in [-0.39, 0.29) is 5.91 Å². The Kier molecular flexibility index (Phi) is 4.05. The molecular weight excluding hydrogens is 214 g/mol. The van der Waals surface area contributed by atoms with Crippen LogP contribution in [-0.2, 0) is 4.79 Å². The van der Waals surface area contributed by atoms with Crippen molar-refractivity contribution in [2.24, 2.45) is 11.7 Å². The van der Waals surface area contributed by atoms with Crippen LogP contribution in [0.5, 0.6) is 0 Å². The lowest BCUT2D eigenvalue weighted by molar-refractivity contribution is -0.129. The van der Waals surface area contributed by atoms with E-state index in [0.29, 0.717) is 5.92 Å². The molecular formula is C13H25N3O. The van der Waals surface area contributed by atoms with Crippen molar-refractivity contribution in [3.8, 4) is 0 Å². The predicted molar refractivity (Wildman–Crippen MR) is 68.6 cm³/mol. The molecule has 0 aromatic carbocycles. The smallest absolute Gasteiger partial charge is 0.240 e. The van der Waals surface area contributed by atoms with E-state index in [4.69, 9.17) is 5.73 Å². The zero-order valence-corrected chi connectivity index (χ0v) is 10.9. The number of carbonyl (C=O) groups is 1. The average molecular weight is 239 g/mol. The van der Waals surface area contributed by atoms with Gasteiger partial charge in [0.05, 0.1) is 5.54 Å². The van der Waals surface area contributed by atoms with Gasteiger partial charge in [0.2, 0.25) is 5.91 Å². The molecule has 0 radical (unpaired) electrons. The lowest BCUT2D eigenvalue weighted by Crippen LogP contribution is -2.59. The molecule has 4 heteroatoms. The van der Waals surface area contributed by atoms with Crippen LogP contribution in [0.2, 0.25) is 0 Å². The minimum atomic E-state index is -0.548. The molecule has 1 aliphatic heterocycles. The summed E-state index contributed by atoms with van der Waals surface area (Å²) in [5.41, 5.74) is 5.43. The summed E-state index contributed by atoms with van der Waals surface area (Å²) in [6.07, 6.45) is 5.43. The summed E-state index contributed by atoms with van der Waals surface area (Å²) >= 11 is 0. The van der Waals surface area contributed by atoms with Gasteiger partial charge in [-0.05, 0) is 51.1 Å². The fourth-order valence-corrected chi connectivity index (χ4v) is 2.70. The van der Waals surface area contributed by atoms with Crippen molar-refractivity contribution < 1.29 is 4.79 Å². The van der Waals surface area contributed by atoms with E-state index in [9.17, 15) is 4.79 Å². The Hall–Kier alpha value is -0.610. The lowest BCUT2D eigenvalue weighted by atomic mass is 9.77. The molecule has 2 fully saturated rings. The van der Waals surface area contributed by atoms with Gasteiger partial charge in [-0.3, -0.25) is 4.79 Å². The van der Waals surface area contributed by atoms with E-state index >= 15 is 0 Å². The van der Waals surface area contributed by atoms with Crippen molar-refractivity contribution in [3.63, 3.8) is 0 Å². The first-order valence-corrected chi connectivity index (χ1v) is 6.90. The minimum Gasteiger partial charge on any atom is -0.354 e. The summed E-state index contributed by atoms with van der Waals surface area (Å²) in [6, 6.07) is 0. The number of likely N-dealkylation sites (tertiary alicyclic amines) is 1. The zero-order chi connectivity index (χ0) is 12.3. The molecule has 1 heterocycles. The average Bonchev–Trinajstić information content (AvgIpc) is 2.75. The molecule has 1 atom stereocenters. The first kappa shape index (κ1) is 12.8. The zero-order valence-electron chi connectivity index (χ0n) is 10.9. The van der Waals surface area contributed by atoms with Crippen molar-refractivity contribution in [3.05, 3.63) is 0 Å². The summed E-state index contributed by atoms with van der Waals surface area (Å²) in [6.45, 7) is 6.49. The molecule has 3 N–H and O–H groups in total. The van der Waals surface area contributed by atoms with Gasteiger partial charge in [0.25, 0.3) is 0 Å². The Morgan fingerprint density at radius 1 is 1.35 bits per heavy atom. The van der Waals surface area contributed by atoms with Crippen LogP contribution in [0.15, 0.2) is 0 Å². The molecule has 0 aromatic heterocycles. The molecule has 0 aromatic rings. The second kappa shape index (κ2) is 5.36. The van der Waals surface area contributed by atoms with Crippen molar-refractivity contribution in [2.45, 2.75) is 44.6 Å². The molecule has 2 aliphatic rings. The Morgan fingerprint density at radius 2 is 2.00 bits per heavy atom. The van der Waals surface area contributed by atoms with Crippen LogP contribution in [0.4, 0.5) is 0 Å². The van der Waals surface area contributed by atoms with Crippen molar-refractivity contribution in [2.75, 3.05) is 26.2 Å². The van der Waals surface area contributed by atoms with E-state index in [0.717, 1.165) is 32.4 Å². The van der Waals surface area contributed by atoms with Crippen LogP contribution < -0.4 is 11.1 Å². The maximum absolute atomic E-state index is 11.8. The lowest BCUT2D eigenvalue weighted by Gasteiger charge is -2.36. The summed E-state index contributed by atoms with van der Waals surface area (Å²) in [7, 11) is 0. The largest absolute Gasteiger partial charge is 0.354 e. The van der Waals surface area contributed by atoms with Gasteiger partial charge in [-0.2, -0.15) is 0 Å². The number of nitrogens with zero attached hydrogens (tertiary/aromatic N) is 1. The van der Waals surface area contributed by atoms with Crippen LogP contribution in [0.25, 0.3) is 0 Å². The quantitative estimate of drug-likeness (QED) is 0.743. The van der Waals surface area contributed by atoms with Gasteiger partial charge in [0, 0.05) is 13.1 Å². The minimum absolute atomic E-state index is 0.0528. The normalized spacial score (nSPS) is 25.3. The Labute approximate surface area is 104 Å². The van der Waals surface area contributed by atoms with E-state index in [1.807, 2.05) is 0 Å². The van der Waals surface area contributed by atoms with E-state index < -0.39 is 5.54 Å². The highest BCUT2D eigenvalue weighted by Crippen LogP contribution is 2.29. The van der Waals surface area contributed by atoms with Crippen molar-refractivity contribution in [1.29, 1.82) is 0 Å². The monoisotopic (exact) mass is 239 g/mol. The summed E-state index contributed by atoms with van der Waals surface area (Å²) in [5.74, 6) is 0.567. The Balaban J connectivity index is 1.65. The summed E-state index contributed by atoms with van der Waals surface area (Å²) < 4.78 is 0. The molecule has 17 heavy (non-hydrogen) atoms. The molecule has 4 nitrogen and oxygen atoms in total. The van der Waals surface area contributed by atoms with E-state index in [1.54, 1.807) is 0 Å². The maximum atomic E-state index is 11.8. The van der Waals surface area contributed by atoms with Gasteiger partial charge in [0.1, 0.15) is 0 Å². The van der Waals surface area contributed by atoms with Crippen molar-refractivity contribution >= 4 is 5.91 Å². The molecule has 1 saturated heterocycles. The number of amides is 1. The van der Waals surface area contributed by atoms with Crippen LogP contribution in [0.1, 0.15) is 39.0 Å². The molecule has 1 unspecified atom stereocenters. The van der Waals surface area contributed by atoms with Crippen LogP contribution in [0.3, 0.4) is 0 Å². The van der Waals surface area contributed by atoms with Crippen LogP contribution in [-0.4, -0.2) is 42.5 Å². The molecule has 98 valence electrons. The molecule has 1 aliphatic carbocycles. The van der Waals surface area contributed by atoms with Crippen LogP contribution >= 0.6 is 0 Å². The van der Waals surface area contributed by atoms with Gasteiger partial charge in [0.15, 0.2) is 0 Å². The highest BCUT2D eigenvalue weighted by molar-refractivity contribution is 5.86. The third-order valence-electron chi connectivity index (χ3n) is 4.08. The van der Waals surface area contributed by atoms with Gasteiger partial charge < -0.3 is 16.0 Å². The standard InChI is InChI=1S/C13H25N3O/c1-11(10-16-7-2-3-8-16)9-15-12(17)13(14)5-4-6-13/h11H,2-10,14H2,1H3,(H,15,17). The van der Waals surface area contributed by atoms with Gasteiger partial charge >= 0.3 is 0 Å². The molecule has 0 spiro atoms. The number of carbonyl (C=O) groups excluding carboxylic acids is 1. The number of hydrogen-bond donors (Lipinski definition) is 2. The third kappa shape index (κ3) is 3.19. The summed E-state index contributed by atoms with van der Waals surface area (Å²) in [4.78, 5) is 14.3. The SMILES string of the molecule is CC(CNC(=O)C1(N)CCC1)CN1CCCC1. The van der Waals surface area contributed by atoms with Gasteiger partial charge in [-0.1, -0.05) is 6.92 Å². The van der Waals surface area contributed by atoms with Crippen LogP contribution in [0, 0.1) is 5.92 Å². The molecule has 1 saturated carbocycles. The summed E-state index contributed by atoms with van der Waals surface area (Å²) in [5, 5.41) is 3.01. The third-order valence-corrected chi connectivity index (χ3v) is 4.08. The second-order valence-corrected chi connectivity index (χ2v) is 5.83. The highest BCUT2D eigenvalue weighted by atomic mass is 16.2. The maximum Gasteiger partial charge on any atom is 0.240 e. The van der Waals surface area contributed by atoms with E-state index in [2.05, 4.69) is 17.1 Å². The van der Waals surface area contributed by atoms with E-state index in [1.165, 1.54) is 25.9 Å². The number of rotatable bonds is 5. The highest BCUT2D eigenvalue weighted by Gasteiger charge is 2.39. The molecule has 2 rings (SSSR count). The predicted octanol–water partition coefficient (Wildman–Crippen LogP) is 0.716. The number of nitrogens with one attached hydrogen (secondary N) is 1. The molecule has 0 bridgehead atoms. The molecule has 1 amide bonds. The second-order valence-electron chi connectivity index (χ2n) is 5.83. The Bertz CT molecular complexity index is 270. The van der Waals surface area contributed by atoms with Gasteiger partial charge in [-0.25, -0.2) is 0 Å². The van der Waals surface area contributed by atoms with Gasteiger partial charge in [-0.15, -0.1) is 0 Å². The first-order valence-electron chi connectivity index (χ1n) is 6.90. The van der Waals surface area contributed by atoms with Crippen molar-refractivity contribution in [1.82, 2.24) is 10.2 Å². The fraction of sp³-hybridized carbons (Fsp3) is 0.923. The number of nitrogens with two attached hydrogens (primary N) is 1. The first-order chi connectivity index (χ1) is 8.10. The topological polar surface area (TPSA) is 58.4 Å². The Morgan fingerprint density at radius 3 is 2.53 bits per heavy atom. The number of hydrogen-bond acceptors (Lipinski definition) is 3.